The van der Waals surface area contributed by atoms with Gasteiger partial charge in [0.15, 0.2) is 0 Å². The van der Waals surface area contributed by atoms with E-state index in [0.717, 1.165) is 11.3 Å². The Labute approximate surface area is 107 Å². The summed E-state index contributed by atoms with van der Waals surface area (Å²) in [6, 6.07) is 7.32. The van der Waals surface area contributed by atoms with Gasteiger partial charge in [-0.25, -0.2) is 4.79 Å². The van der Waals surface area contributed by atoms with Gasteiger partial charge in [0.2, 0.25) is 0 Å². The van der Waals surface area contributed by atoms with Crippen molar-refractivity contribution in [3.05, 3.63) is 35.4 Å². The molecule has 0 radical (unpaired) electrons. The Hall–Kier alpha value is -1.52. The number of benzene rings is 1. The van der Waals surface area contributed by atoms with Crippen molar-refractivity contribution in [2.24, 2.45) is 5.73 Å². The van der Waals surface area contributed by atoms with E-state index in [4.69, 9.17) is 10.5 Å². The highest BCUT2D eigenvalue weighted by atomic mass is 35.5. The molecule has 0 atom stereocenters. The highest BCUT2D eigenvalue weighted by molar-refractivity contribution is 5.94. The molecule has 0 unspecified atom stereocenters. The maximum Gasteiger partial charge on any atom is 0.335 e. The van der Waals surface area contributed by atoms with Gasteiger partial charge in [-0.1, -0.05) is 12.1 Å². The molecular weight excluding hydrogens is 242 g/mol. The normalized spacial score (nSPS) is 10.4. The van der Waals surface area contributed by atoms with E-state index in [0.29, 0.717) is 5.57 Å². The zero-order valence-electron chi connectivity index (χ0n) is 9.80. The van der Waals surface area contributed by atoms with Crippen LogP contribution in [0.5, 0.6) is 5.75 Å². The van der Waals surface area contributed by atoms with E-state index >= 15 is 0 Å². The van der Waals surface area contributed by atoms with Crippen molar-refractivity contribution in [1.82, 2.24) is 0 Å². The van der Waals surface area contributed by atoms with Crippen LogP contribution in [0.1, 0.15) is 5.56 Å². The fourth-order valence-corrected chi connectivity index (χ4v) is 1.23. The Kier molecular flexibility index (Phi) is 7.02. The van der Waals surface area contributed by atoms with E-state index in [-0.39, 0.29) is 19.0 Å². The van der Waals surface area contributed by atoms with E-state index in [1.807, 2.05) is 24.3 Å². The number of carbonyl (C=O) groups is 1. The van der Waals surface area contributed by atoms with Gasteiger partial charge in [-0.2, -0.15) is 0 Å². The highest BCUT2D eigenvalue weighted by Gasteiger charge is 2.06. The lowest BCUT2D eigenvalue weighted by molar-refractivity contribution is -0.136. The van der Waals surface area contributed by atoms with E-state index in [2.05, 4.69) is 4.74 Å². The summed E-state index contributed by atoms with van der Waals surface area (Å²) in [5.74, 6) is 0.364. The molecule has 17 heavy (non-hydrogen) atoms. The molecule has 4 nitrogen and oxygen atoms in total. The van der Waals surface area contributed by atoms with Crippen molar-refractivity contribution in [3.8, 4) is 5.75 Å². The Morgan fingerprint density at radius 2 is 1.88 bits per heavy atom. The molecule has 2 N–H and O–H groups in total. The molecule has 0 aliphatic carbocycles. The van der Waals surface area contributed by atoms with Gasteiger partial charge < -0.3 is 15.2 Å². The molecule has 0 aliphatic heterocycles. The van der Waals surface area contributed by atoms with Crippen LogP contribution in [-0.4, -0.2) is 26.7 Å². The molecule has 5 heteroatoms. The molecule has 0 saturated carbocycles. The molecule has 0 aromatic heterocycles. The third kappa shape index (κ3) is 4.46. The van der Waals surface area contributed by atoms with Crippen LogP contribution >= 0.6 is 12.4 Å². The van der Waals surface area contributed by atoms with Crippen LogP contribution in [0.2, 0.25) is 0 Å². The van der Waals surface area contributed by atoms with Crippen molar-refractivity contribution >= 4 is 24.5 Å². The van der Waals surface area contributed by atoms with Gasteiger partial charge in [0, 0.05) is 6.54 Å². The molecule has 0 spiro atoms. The summed E-state index contributed by atoms with van der Waals surface area (Å²) in [5, 5.41) is 0. The molecule has 0 aliphatic rings. The summed E-state index contributed by atoms with van der Waals surface area (Å²) in [6.07, 6.45) is 1.70. The lowest BCUT2D eigenvalue weighted by Gasteiger charge is -2.03. The molecular formula is C12H16ClNO3. The highest BCUT2D eigenvalue weighted by Crippen LogP contribution is 2.14. The average molecular weight is 258 g/mol. The summed E-state index contributed by atoms with van der Waals surface area (Å²) < 4.78 is 9.64. The topological polar surface area (TPSA) is 61.5 Å². The minimum absolute atomic E-state index is 0. The summed E-state index contributed by atoms with van der Waals surface area (Å²) in [4.78, 5) is 11.3. The minimum atomic E-state index is -0.404. The fraction of sp³-hybridized carbons (Fsp3) is 0.250. The number of hydrogen-bond acceptors (Lipinski definition) is 4. The van der Waals surface area contributed by atoms with Crippen molar-refractivity contribution < 1.29 is 14.3 Å². The van der Waals surface area contributed by atoms with E-state index < -0.39 is 5.97 Å². The first-order valence-corrected chi connectivity index (χ1v) is 4.84. The Bertz CT molecular complexity index is 387. The van der Waals surface area contributed by atoms with Gasteiger partial charge in [-0.15, -0.1) is 12.4 Å². The summed E-state index contributed by atoms with van der Waals surface area (Å²) in [5.41, 5.74) is 6.78. The third-order valence-corrected chi connectivity index (χ3v) is 2.12. The monoisotopic (exact) mass is 257 g/mol. The molecule has 1 rings (SSSR count). The lowest BCUT2D eigenvalue weighted by Crippen LogP contribution is -2.13. The molecule has 0 amide bonds. The lowest BCUT2D eigenvalue weighted by atomic mass is 10.1. The molecule has 1 aromatic carbocycles. The SMILES string of the molecule is COC(=O)/C(=C/c1ccc(OC)cc1)CN.Cl. The van der Waals surface area contributed by atoms with Crippen LogP contribution in [0.15, 0.2) is 29.8 Å². The van der Waals surface area contributed by atoms with Gasteiger partial charge in [-0.05, 0) is 23.8 Å². The Morgan fingerprint density at radius 1 is 1.29 bits per heavy atom. The number of rotatable bonds is 4. The summed E-state index contributed by atoms with van der Waals surface area (Å²) in [6.45, 7) is 0.151. The second-order valence-corrected chi connectivity index (χ2v) is 3.14. The minimum Gasteiger partial charge on any atom is -0.497 e. The van der Waals surface area contributed by atoms with Crippen LogP contribution in [0.3, 0.4) is 0 Å². The second kappa shape index (κ2) is 7.70. The third-order valence-electron chi connectivity index (χ3n) is 2.12. The van der Waals surface area contributed by atoms with E-state index in [1.54, 1.807) is 13.2 Å². The largest absolute Gasteiger partial charge is 0.497 e. The molecule has 0 bridgehead atoms. The molecule has 94 valence electrons. The quantitative estimate of drug-likeness (QED) is 0.658. The number of esters is 1. The van der Waals surface area contributed by atoms with E-state index in [9.17, 15) is 4.79 Å². The van der Waals surface area contributed by atoms with Crippen molar-refractivity contribution in [2.75, 3.05) is 20.8 Å². The maximum absolute atomic E-state index is 11.3. The zero-order chi connectivity index (χ0) is 12.0. The molecule has 1 aromatic rings. The van der Waals surface area contributed by atoms with Gasteiger partial charge in [-0.3, -0.25) is 0 Å². The first-order valence-electron chi connectivity index (χ1n) is 4.84. The first kappa shape index (κ1) is 15.5. The number of ether oxygens (including phenoxy) is 2. The smallest absolute Gasteiger partial charge is 0.335 e. The fourth-order valence-electron chi connectivity index (χ4n) is 1.23. The van der Waals surface area contributed by atoms with Gasteiger partial charge in [0.1, 0.15) is 5.75 Å². The molecule has 0 fully saturated rings. The van der Waals surface area contributed by atoms with Crippen LogP contribution in [0.25, 0.3) is 6.08 Å². The standard InChI is InChI=1S/C12H15NO3.ClH/c1-15-11-5-3-9(4-6-11)7-10(8-13)12(14)16-2;/h3-7H,8,13H2,1-2H3;1H/b10-7+;. The van der Waals surface area contributed by atoms with Crippen LogP contribution in [0, 0.1) is 0 Å². The summed E-state index contributed by atoms with van der Waals surface area (Å²) >= 11 is 0. The van der Waals surface area contributed by atoms with E-state index in [1.165, 1.54) is 7.11 Å². The van der Waals surface area contributed by atoms with Gasteiger partial charge in [0.25, 0.3) is 0 Å². The Morgan fingerprint density at radius 3 is 2.29 bits per heavy atom. The molecule has 0 heterocycles. The Balaban J connectivity index is 0.00000256. The van der Waals surface area contributed by atoms with Crippen LogP contribution in [0.4, 0.5) is 0 Å². The maximum atomic E-state index is 11.3. The van der Waals surface area contributed by atoms with Crippen molar-refractivity contribution in [2.45, 2.75) is 0 Å². The van der Waals surface area contributed by atoms with Crippen LogP contribution < -0.4 is 10.5 Å². The molecule has 0 saturated heterocycles. The number of methoxy groups -OCH3 is 2. The predicted molar refractivity (Wildman–Crippen MR) is 69.3 cm³/mol. The van der Waals surface area contributed by atoms with Crippen LogP contribution in [-0.2, 0) is 9.53 Å². The number of nitrogens with two attached hydrogens (primary N) is 1. The predicted octanol–water partition coefficient (Wildman–Crippen LogP) is 1.63. The summed E-state index contributed by atoms with van der Waals surface area (Å²) in [7, 11) is 2.93. The van der Waals surface area contributed by atoms with Crippen molar-refractivity contribution in [3.63, 3.8) is 0 Å². The van der Waals surface area contributed by atoms with Crippen molar-refractivity contribution in [1.29, 1.82) is 0 Å². The number of halogens is 1. The first-order chi connectivity index (χ1) is 7.71. The number of carbonyl (C=O) groups excluding carboxylic acids is 1. The van der Waals surface area contributed by atoms with Gasteiger partial charge in [0.05, 0.1) is 19.8 Å². The average Bonchev–Trinajstić information content (AvgIpc) is 2.35. The zero-order valence-corrected chi connectivity index (χ0v) is 10.6. The van der Waals surface area contributed by atoms with Gasteiger partial charge >= 0.3 is 5.97 Å². The number of hydrogen-bond donors (Lipinski definition) is 1. The second-order valence-electron chi connectivity index (χ2n) is 3.14.